The number of nitrogens with one attached hydrogen (secondary N) is 2. The number of pyridine rings is 1. The summed E-state index contributed by atoms with van der Waals surface area (Å²) < 4.78 is 4.97. The fraction of sp³-hybridized carbons (Fsp3) is 0.385. The average Bonchev–Trinajstić information content (AvgIpc) is 3.50. The van der Waals surface area contributed by atoms with E-state index in [-0.39, 0.29) is 17.7 Å². The van der Waals surface area contributed by atoms with Crippen molar-refractivity contribution in [1.82, 2.24) is 15.5 Å². The van der Waals surface area contributed by atoms with Gasteiger partial charge in [-0.05, 0) is 68.4 Å². The molecular weight excluding hydrogens is 416 g/mol. The minimum absolute atomic E-state index is 0.110. The van der Waals surface area contributed by atoms with Crippen LogP contribution < -0.4 is 10.6 Å². The first-order chi connectivity index (χ1) is 16.0. The molecule has 0 saturated heterocycles. The Labute approximate surface area is 194 Å². The number of hydrogen-bond acceptors (Lipinski definition) is 5. The minimum atomic E-state index is -0.609. The van der Waals surface area contributed by atoms with Crippen LogP contribution in [-0.2, 0) is 11.2 Å². The molecule has 0 radical (unpaired) electrons. The standard InChI is InChI=1S/C26H30N4O3/c1-4-22-21(15-33-30-22)25(31)29-24(19-7-5-6-8-19)26(32)28-20-11-9-18(10-12-20)23-16(2)13-14-27-17(23)3/h9-15,19,24H,4-8H2,1-3H3,(H,28,32)(H,29,31)/t24-/m0/s1. The Kier molecular flexibility index (Phi) is 6.87. The van der Waals surface area contributed by atoms with Gasteiger partial charge in [-0.25, -0.2) is 0 Å². The molecule has 7 nitrogen and oxygen atoms in total. The first kappa shape index (κ1) is 22.7. The van der Waals surface area contributed by atoms with Gasteiger partial charge in [0.05, 0.1) is 5.69 Å². The number of carbonyl (C=O) groups is 2. The highest BCUT2D eigenvalue weighted by Crippen LogP contribution is 2.30. The van der Waals surface area contributed by atoms with E-state index in [1.165, 1.54) is 6.26 Å². The fourth-order valence-electron chi connectivity index (χ4n) is 4.68. The zero-order chi connectivity index (χ0) is 23.4. The summed E-state index contributed by atoms with van der Waals surface area (Å²) in [5, 5.41) is 9.82. The molecule has 0 aliphatic heterocycles. The predicted molar refractivity (Wildman–Crippen MR) is 127 cm³/mol. The van der Waals surface area contributed by atoms with Gasteiger partial charge in [-0.15, -0.1) is 0 Å². The molecule has 0 unspecified atom stereocenters. The van der Waals surface area contributed by atoms with E-state index in [4.69, 9.17) is 4.52 Å². The first-order valence-electron chi connectivity index (χ1n) is 11.6. The second-order valence-electron chi connectivity index (χ2n) is 8.68. The lowest BCUT2D eigenvalue weighted by Crippen LogP contribution is -2.48. The Hall–Kier alpha value is -3.48. The van der Waals surface area contributed by atoms with Crippen LogP contribution in [0.2, 0.25) is 0 Å². The largest absolute Gasteiger partial charge is 0.364 e. The number of benzene rings is 1. The molecule has 2 aromatic heterocycles. The smallest absolute Gasteiger partial charge is 0.257 e. The molecule has 1 aliphatic carbocycles. The molecule has 0 bridgehead atoms. The van der Waals surface area contributed by atoms with Gasteiger partial charge in [0.25, 0.3) is 5.91 Å². The van der Waals surface area contributed by atoms with Gasteiger partial charge in [0, 0.05) is 23.1 Å². The molecule has 1 aromatic carbocycles. The molecule has 2 N–H and O–H groups in total. The van der Waals surface area contributed by atoms with Crippen molar-refractivity contribution in [3.63, 3.8) is 0 Å². The zero-order valence-corrected chi connectivity index (χ0v) is 19.4. The van der Waals surface area contributed by atoms with Crippen LogP contribution in [0.4, 0.5) is 5.69 Å². The lowest BCUT2D eigenvalue weighted by atomic mass is 9.96. The first-order valence-corrected chi connectivity index (χ1v) is 11.6. The van der Waals surface area contributed by atoms with Gasteiger partial charge in [0.1, 0.15) is 17.9 Å². The molecule has 172 valence electrons. The van der Waals surface area contributed by atoms with E-state index in [0.29, 0.717) is 23.4 Å². The molecule has 7 heteroatoms. The molecule has 2 amide bonds. The van der Waals surface area contributed by atoms with Crippen LogP contribution in [-0.4, -0.2) is 28.0 Å². The lowest BCUT2D eigenvalue weighted by Gasteiger charge is -2.24. The zero-order valence-electron chi connectivity index (χ0n) is 19.4. The van der Waals surface area contributed by atoms with E-state index in [2.05, 4.69) is 27.7 Å². The van der Waals surface area contributed by atoms with E-state index in [1.54, 1.807) is 0 Å². The van der Waals surface area contributed by atoms with Crippen molar-refractivity contribution < 1.29 is 14.1 Å². The second kappa shape index (κ2) is 9.98. The normalized spacial score (nSPS) is 14.8. The van der Waals surface area contributed by atoms with Gasteiger partial charge < -0.3 is 15.2 Å². The topological polar surface area (TPSA) is 97.1 Å². The van der Waals surface area contributed by atoms with Crippen LogP contribution in [0.3, 0.4) is 0 Å². The summed E-state index contributed by atoms with van der Waals surface area (Å²) in [7, 11) is 0. The average molecular weight is 447 g/mol. The molecule has 1 atom stereocenters. The van der Waals surface area contributed by atoms with Gasteiger partial charge in [-0.3, -0.25) is 14.6 Å². The van der Waals surface area contributed by atoms with Crippen LogP contribution in [0.15, 0.2) is 47.3 Å². The van der Waals surface area contributed by atoms with Gasteiger partial charge >= 0.3 is 0 Å². The molecule has 4 rings (SSSR count). The third-order valence-corrected chi connectivity index (χ3v) is 6.45. The van der Waals surface area contributed by atoms with E-state index in [1.807, 2.05) is 50.4 Å². The molecule has 1 aliphatic rings. The summed E-state index contributed by atoms with van der Waals surface area (Å²) in [6.07, 6.45) is 7.71. The third kappa shape index (κ3) is 4.97. The summed E-state index contributed by atoms with van der Waals surface area (Å²) in [6.45, 7) is 5.97. The molecule has 3 aromatic rings. The minimum Gasteiger partial charge on any atom is -0.364 e. The van der Waals surface area contributed by atoms with Crippen molar-refractivity contribution in [2.24, 2.45) is 5.92 Å². The maximum absolute atomic E-state index is 13.2. The van der Waals surface area contributed by atoms with Crippen molar-refractivity contribution in [1.29, 1.82) is 0 Å². The van der Waals surface area contributed by atoms with Gasteiger partial charge in [0.2, 0.25) is 5.91 Å². The Morgan fingerprint density at radius 1 is 1.12 bits per heavy atom. The molecule has 1 saturated carbocycles. The summed E-state index contributed by atoms with van der Waals surface area (Å²) in [4.78, 5) is 30.5. The van der Waals surface area contributed by atoms with Gasteiger partial charge in [-0.2, -0.15) is 0 Å². The number of rotatable bonds is 7. The Balaban J connectivity index is 1.50. The van der Waals surface area contributed by atoms with Gasteiger partial charge in [-0.1, -0.05) is 37.1 Å². The summed E-state index contributed by atoms with van der Waals surface area (Å²) >= 11 is 0. The van der Waals surface area contributed by atoms with Crippen LogP contribution in [0, 0.1) is 19.8 Å². The molecule has 1 fully saturated rings. The number of nitrogens with zero attached hydrogens (tertiary/aromatic N) is 2. The fourth-order valence-corrected chi connectivity index (χ4v) is 4.68. The highest BCUT2D eigenvalue weighted by atomic mass is 16.5. The van der Waals surface area contributed by atoms with E-state index < -0.39 is 6.04 Å². The van der Waals surface area contributed by atoms with E-state index in [0.717, 1.165) is 48.1 Å². The van der Waals surface area contributed by atoms with E-state index in [9.17, 15) is 9.59 Å². The molecule has 2 heterocycles. The number of aryl methyl sites for hydroxylation is 3. The highest BCUT2D eigenvalue weighted by Gasteiger charge is 2.33. The third-order valence-electron chi connectivity index (χ3n) is 6.45. The van der Waals surface area contributed by atoms with Crippen LogP contribution in [0.5, 0.6) is 0 Å². The summed E-state index contributed by atoms with van der Waals surface area (Å²) in [5.41, 5.74) is 5.96. The highest BCUT2D eigenvalue weighted by molar-refractivity contribution is 6.01. The number of carbonyl (C=O) groups excluding carboxylic acids is 2. The molecule has 33 heavy (non-hydrogen) atoms. The lowest BCUT2D eigenvalue weighted by molar-refractivity contribution is -0.119. The quantitative estimate of drug-likeness (QED) is 0.541. The number of amides is 2. The van der Waals surface area contributed by atoms with Crippen molar-refractivity contribution >= 4 is 17.5 Å². The van der Waals surface area contributed by atoms with Crippen molar-refractivity contribution in [3.05, 3.63) is 65.3 Å². The predicted octanol–water partition coefficient (Wildman–Crippen LogP) is 4.84. The Morgan fingerprint density at radius 3 is 2.52 bits per heavy atom. The second-order valence-corrected chi connectivity index (χ2v) is 8.68. The molecular formula is C26H30N4O3. The van der Waals surface area contributed by atoms with Crippen molar-refractivity contribution in [2.45, 2.75) is 58.9 Å². The summed E-state index contributed by atoms with van der Waals surface area (Å²) in [6, 6.07) is 9.14. The summed E-state index contributed by atoms with van der Waals surface area (Å²) in [5.74, 6) is -0.414. The van der Waals surface area contributed by atoms with Gasteiger partial charge in [0.15, 0.2) is 0 Å². The van der Waals surface area contributed by atoms with Crippen molar-refractivity contribution in [3.8, 4) is 11.1 Å². The number of anilines is 1. The number of aromatic nitrogens is 2. The van der Waals surface area contributed by atoms with Crippen LogP contribution in [0.25, 0.3) is 11.1 Å². The SMILES string of the molecule is CCc1nocc1C(=O)N[C@H](C(=O)Nc1ccc(-c2c(C)ccnc2C)cc1)C1CCCC1. The Bertz CT molecular complexity index is 1110. The molecule has 0 spiro atoms. The monoisotopic (exact) mass is 446 g/mol. The Morgan fingerprint density at radius 2 is 1.85 bits per heavy atom. The maximum Gasteiger partial charge on any atom is 0.257 e. The van der Waals surface area contributed by atoms with E-state index >= 15 is 0 Å². The maximum atomic E-state index is 13.2. The van der Waals surface area contributed by atoms with Crippen molar-refractivity contribution in [2.75, 3.05) is 5.32 Å². The number of hydrogen-bond donors (Lipinski definition) is 2. The van der Waals surface area contributed by atoms with Crippen LogP contribution in [0.1, 0.15) is 59.9 Å². The van der Waals surface area contributed by atoms with Crippen LogP contribution >= 0.6 is 0 Å².